The third-order valence-corrected chi connectivity index (χ3v) is 2.65. The molecule has 0 unspecified atom stereocenters. The van der Waals surface area contributed by atoms with Gasteiger partial charge in [0.2, 0.25) is 0 Å². The molecule has 19 heavy (non-hydrogen) atoms. The number of aromatic nitrogens is 2. The molecule has 1 aromatic rings. The molecule has 1 aliphatic rings. The number of carbonyl (C=O) groups excluding carboxylic acids is 1. The molecule has 1 saturated heterocycles. The van der Waals surface area contributed by atoms with Gasteiger partial charge >= 0.3 is 12.0 Å². The second-order valence-electron chi connectivity index (χ2n) is 3.99. The molecule has 1 aliphatic heterocycles. The average Bonchev–Trinajstić information content (AvgIpc) is 2.35. The van der Waals surface area contributed by atoms with Crippen molar-refractivity contribution < 1.29 is 14.3 Å². The van der Waals surface area contributed by atoms with Crippen molar-refractivity contribution in [3.8, 4) is 6.01 Å². The Labute approximate surface area is 132 Å². The Morgan fingerprint density at radius 1 is 1.42 bits per heavy atom. The predicted octanol–water partition coefficient (Wildman–Crippen LogP) is -0.839. The fourth-order valence-corrected chi connectivity index (χ4v) is 1.68. The fourth-order valence-electron chi connectivity index (χ4n) is 1.68. The summed E-state index contributed by atoms with van der Waals surface area (Å²) in [5, 5.41) is 0. The number of esters is 1. The van der Waals surface area contributed by atoms with Crippen molar-refractivity contribution in [3.63, 3.8) is 0 Å². The molecule has 8 heteroatoms. The van der Waals surface area contributed by atoms with Crippen LogP contribution in [0.3, 0.4) is 0 Å². The molecule has 0 spiro atoms. The van der Waals surface area contributed by atoms with Crippen molar-refractivity contribution >= 4 is 41.3 Å². The normalized spacial score (nSPS) is 14.7. The Bertz CT molecular complexity index is 511. The molecule has 2 rings (SSSR count). The van der Waals surface area contributed by atoms with E-state index in [4.69, 9.17) is 9.47 Å². The first kappa shape index (κ1) is 16.2. The van der Waals surface area contributed by atoms with Gasteiger partial charge in [-0.1, -0.05) is 0 Å². The topological polar surface area (TPSA) is 73.7 Å². The standard InChI is InChI=1S/C11H15N3O4.Na/c1-8(15)18-11-12-9(7-10(16)13(11)2)14-3-5-17-6-4-14;/h7H,3-6H2,1-2H3;. The van der Waals surface area contributed by atoms with Gasteiger partial charge in [0.1, 0.15) is 5.82 Å². The Morgan fingerprint density at radius 3 is 2.63 bits per heavy atom. The summed E-state index contributed by atoms with van der Waals surface area (Å²) in [6.45, 7) is 3.80. The molecule has 0 aliphatic carbocycles. The van der Waals surface area contributed by atoms with Crippen molar-refractivity contribution in [3.05, 3.63) is 16.4 Å². The SMILES string of the molecule is CC(=O)Oc1nc(N2CCOCC2)cc(=O)n1C.[Na]. The number of ether oxygens (including phenoxy) is 2. The van der Waals surface area contributed by atoms with E-state index in [0.717, 1.165) is 0 Å². The summed E-state index contributed by atoms with van der Waals surface area (Å²) in [7, 11) is 1.51. The van der Waals surface area contributed by atoms with E-state index in [1.807, 2.05) is 4.90 Å². The van der Waals surface area contributed by atoms with Crippen LogP contribution in [0.15, 0.2) is 10.9 Å². The molecule has 2 heterocycles. The van der Waals surface area contributed by atoms with E-state index >= 15 is 0 Å². The van der Waals surface area contributed by atoms with Gasteiger partial charge in [-0.25, -0.2) is 0 Å². The maximum Gasteiger partial charge on any atom is 0.310 e. The fraction of sp³-hybridized carbons (Fsp3) is 0.545. The van der Waals surface area contributed by atoms with Crippen LogP contribution in [-0.2, 0) is 16.6 Å². The number of nitrogens with zero attached hydrogens (tertiary/aromatic N) is 3. The van der Waals surface area contributed by atoms with Gasteiger partial charge in [0, 0.05) is 62.7 Å². The Hall–Kier alpha value is -0.890. The molecular formula is C11H15N3NaO4. The quantitative estimate of drug-likeness (QED) is 0.518. The van der Waals surface area contributed by atoms with Crippen LogP contribution in [0.4, 0.5) is 5.82 Å². The third kappa shape index (κ3) is 4.04. The number of carbonyl (C=O) groups is 1. The molecule has 0 bridgehead atoms. The summed E-state index contributed by atoms with van der Waals surface area (Å²) in [6.07, 6.45) is 0. The zero-order valence-electron chi connectivity index (χ0n) is 11.4. The van der Waals surface area contributed by atoms with Gasteiger partial charge in [-0.15, -0.1) is 0 Å². The first-order valence-electron chi connectivity index (χ1n) is 5.67. The molecule has 99 valence electrons. The van der Waals surface area contributed by atoms with Crippen LogP contribution in [-0.4, -0.2) is 71.4 Å². The summed E-state index contributed by atoms with van der Waals surface area (Å²) in [6, 6.07) is 1.44. The Kier molecular flexibility index (Phi) is 5.99. The number of morpholine rings is 1. The van der Waals surface area contributed by atoms with Crippen LogP contribution >= 0.6 is 0 Å². The summed E-state index contributed by atoms with van der Waals surface area (Å²) >= 11 is 0. The maximum atomic E-state index is 11.8. The molecule has 0 aromatic carbocycles. The molecule has 0 atom stereocenters. The smallest absolute Gasteiger partial charge is 0.310 e. The van der Waals surface area contributed by atoms with E-state index in [9.17, 15) is 9.59 Å². The monoisotopic (exact) mass is 276 g/mol. The Balaban J connectivity index is 0.00000180. The molecule has 1 fully saturated rings. The largest absolute Gasteiger partial charge is 0.392 e. The average molecular weight is 276 g/mol. The number of hydrogen-bond acceptors (Lipinski definition) is 6. The van der Waals surface area contributed by atoms with E-state index < -0.39 is 5.97 Å². The number of hydrogen-bond donors (Lipinski definition) is 0. The van der Waals surface area contributed by atoms with Crippen LogP contribution < -0.4 is 15.2 Å². The molecule has 0 saturated carbocycles. The van der Waals surface area contributed by atoms with Gasteiger partial charge < -0.3 is 14.4 Å². The van der Waals surface area contributed by atoms with Crippen LogP contribution in [0, 0.1) is 0 Å². The number of rotatable bonds is 2. The second-order valence-corrected chi connectivity index (χ2v) is 3.99. The summed E-state index contributed by atoms with van der Waals surface area (Å²) in [4.78, 5) is 28.8. The summed E-state index contributed by atoms with van der Waals surface area (Å²) in [5.41, 5.74) is -0.261. The molecular weight excluding hydrogens is 261 g/mol. The van der Waals surface area contributed by atoms with Gasteiger partial charge in [0.25, 0.3) is 5.56 Å². The van der Waals surface area contributed by atoms with Crippen molar-refractivity contribution in [2.24, 2.45) is 7.05 Å². The van der Waals surface area contributed by atoms with Gasteiger partial charge in [-0.2, -0.15) is 4.98 Å². The summed E-state index contributed by atoms with van der Waals surface area (Å²) in [5.74, 6) is 0.00859. The van der Waals surface area contributed by atoms with Crippen molar-refractivity contribution in [2.75, 3.05) is 31.2 Å². The van der Waals surface area contributed by atoms with Crippen LogP contribution in [0.2, 0.25) is 0 Å². The Morgan fingerprint density at radius 2 is 2.05 bits per heavy atom. The minimum Gasteiger partial charge on any atom is -0.392 e. The van der Waals surface area contributed by atoms with E-state index in [2.05, 4.69) is 4.98 Å². The van der Waals surface area contributed by atoms with Crippen LogP contribution in [0.25, 0.3) is 0 Å². The predicted molar refractivity (Wildman–Crippen MR) is 69.6 cm³/mol. The van der Waals surface area contributed by atoms with Crippen LogP contribution in [0.5, 0.6) is 6.01 Å². The maximum absolute atomic E-state index is 11.8. The van der Waals surface area contributed by atoms with E-state index in [-0.39, 0.29) is 41.1 Å². The summed E-state index contributed by atoms with van der Waals surface area (Å²) < 4.78 is 11.3. The van der Waals surface area contributed by atoms with E-state index in [0.29, 0.717) is 32.1 Å². The van der Waals surface area contributed by atoms with Crippen LogP contribution in [0.1, 0.15) is 6.92 Å². The van der Waals surface area contributed by atoms with Gasteiger partial charge in [0.15, 0.2) is 0 Å². The molecule has 1 aromatic heterocycles. The third-order valence-electron chi connectivity index (χ3n) is 2.65. The van der Waals surface area contributed by atoms with Crippen molar-refractivity contribution in [1.29, 1.82) is 0 Å². The van der Waals surface area contributed by atoms with Crippen molar-refractivity contribution in [1.82, 2.24) is 9.55 Å². The first-order chi connectivity index (χ1) is 8.58. The molecule has 7 nitrogen and oxygen atoms in total. The van der Waals surface area contributed by atoms with Gasteiger partial charge in [-0.05, 0) is 0 Å². The second kappa shape index (κ2) is 7.04. The molecule has 0 amide bonds. The minimum atomic E-state index is -0.503. The van der Waals surface area contributed by atoms with Gasteiger partial charge in [-0.3, -0.25) is 14.2 Å². The number of anilines is 1. The van der Waals surface area contributed by atoms with Gasteiger partial charge in [0.05, 0.1) is 13.2 Å². The zero-order valence-corrected chi connectivity index (χ0v) is 13.4. The van der Waals surface area contributed by atoms with Crippen molar-refractivity contribution in [2.45, 2.75) is 6.92 Å². The molecule has 0 N–H and O–H groups in total. The first-order valence-corrected chi connectivity index (χ1v) is 5.67. The molecule has 1 radical (unpaired) electrons. The minimum absolute atomic E-state index is 0. The van der Waals surface area contributed by atoms with E-state index in [1.54, 1.807) is 0 Å². The van der Waals surface area contributed by atoms with E-state index in [1.165, 1.54) is 24.6 Å². The zero-order chi connectivity index (χ0) is 13.1.